The smallest absolute Gasteiger partial charge is 0.123 e. The fourth-order valence-electron chi connectivity index (χ4n) is 1.12. The van der Waals surface area contributed by atoms with Gasteiger partial charge in [-0.3, -0.25) is 0 Å². The Morgan fingerprint density at radius 1 is 1.23 bits per heavy atom. The number of hydrogen-bond donors (Lipinski definition) is 0. The van der Waals surface area contributed by atoms with Gasteiger partial charge in [0.1, 0.15) is 5.82 Å². The Bertz CT molecular complexity index is 259. The zero-order valence-corrected chi connectivity index (χ0v) is 7.96. The SMILES string of the molecule is CCCC/C=C/c1ccc(F)cc1. The summed E-state index contributed by atoms with van der Waals surface area (Å²) in [5.41, 5.74) is 1.07. The molecule has 0 amide bonds. The summed E-state index contributed by atoms with van der Waals surface area (Å²) in [5, 5.41) is 0. The van der Waals surface area contributed by atoms with Crippen molar-refractivity contribution >= 4 is 6.08 Å². The maximum absolute atomic E-state index is 12.5. The highest BCUT2D eigenvalue weighted by Crippen LogP contribution is 2.06. The van der Waals surface area contributed by atoms with Gasteiger partial charge in [-0.1, -0.05) is 44.1 Å². The van der Waals surface area contributed by atoms with Crippen LogP contribution in [0.2, 0.25) is 0 Å². The monoisotopic (exact) mass is 178 g/mol. The van der Waals surface area contributed by atoms with Crippen LogP contribution < -0.4 is 0 Å². The topological polar surface area (TPSA) is 0 Å². The Hall–Kier alpha value is -1.11. The molecule has 0 heterocycles. The summed E-state index contributed by atoms with van der Waals surface area (Å²) in [6, 6.07) is 6.55. The van der Waals surface area contributed by atoms with Crippen LogP contribution in [0.3, 0.4) is 0 Å². The molecule has 0 N–H and O–H groups in total. The van der Waals surface area contributed by atoms with E-state index >= 15 is 0 Å². The normalized spacial score (nSPS) is 10.9. The van der Waals surface area contributed by atoms with Crippen LogP contribution in [0.1, 0.15) is 31.7 Å². The largest absolute Gasteiger partial charge is 0.207 e. The lowest BCUT2D eigenvalue weighted by atomic mass is 10.2. The predicted octanol–water partition coefficient (Wildman–Crippen LogP) is 4.03. The van der Waals surface area contributed by atoms with Gasteiger partial charge in [0.2, 0.25) is 0 Å². The molecule has 0 atom stereocenters. The molecule has 0 unspecified atom stereocenters. The standard InChI is InChI=1S/C12H15F/c1-2-3-4-5-6-11-7-9-12(13)10-8-11/h5-10H,2-4H2,1H3/b6-5+. The fourth-order valence-corrected chi connectivity index (χ4v) is 1.12. The van der Waals surface area contributed by atoms with Crippen molar-refractivity contribution in [2.45, 2.75) is 26.2 Å². The highest BCUT2D eigenvalue weighted by atomic mass is 19.1. The summed E-state index contributed by atoms with van der Waals surface area (Å²) in [7, 11) is 0. The third-order valence-corrected chi connectivity index (χ3v) is 1.90. The molecule has 0 aliphatic rings. The summed E-state index contributed by atoms with van der Waals surface area (Å²) in [4.78, 5) is 0. The number of unbranched alkanes of at least 4 members (excludes halogenated alkanes) is 2. The molecule has 1 aromatic rings. The van der Waals surface area contributed by atoms with E-state index in [2.05, 4.69) is 13.0 Å². The third kappa shape index (κ3) is 3.88. The molecule has 1 heteroatoms. The van der Waals surface area contributed by atoms with Crippen LogP contribution in [-0.4, -0.2) is 0 Å². The molecule has 0 bridgehead atoms. The number of hydrogen-bond acceptors (Lipinski definition) is 0. The zero-order valence-electron chi connectivity index (χ0n) is 7.96. The minimum atomic E-state index is -0.175. The van der Waals surface area contributed by atoms with Crippen LogP contribution in [0, 0.1) is 5.82 Å². The quantitative estimate of drug-likeness (QED) is 0.611. The van der Waals surface area contributed by atoms with Gasteiger partial charge in [-0.25, -0.2) is 4.39 Å². The van der Waals surface area contributed by atoms with E-state index in [1.165, 1.54) is 25.0 Å². The van der Waals surface area contributed by atoms with Crippen LogP contribution >= 0.6 is 0 Å². The Labute approximate surface area is 79.1 Å². The second kappa shape index (κ2) is 5.52. The molecule has 13 heavy (non-hydrogen) atoms. The molecule has 70 valence electrons. The van der Waals surface area contributed by atoms with Gasteiger partial charge in [-0.2, -0.15) is 0 Å². The number of halogens is 1. The molecule has 0 saturated carbocycles. The first kappa shape index (κ1) is 9.97. The van der Waals surface area contributed by atoms with Crippen molar-refractivity contribution in [2.75, 3.05) is 0 Å². The molecule has 0 saturated heterocycles. The van der Waals surface area contributed by atoms with Crippen LogP contribution in [0.15, 0.2) is 30.3 Å². The molecule has 0 aliphatic heterocycles. The number of benzene rings is 1. The van der Waals surface area contributed by atoms with E-state index < -0.39 is 0 Å². The molecular weight excluding hydrogens is 163 g/mol. The van der Waals surface area contributed by atoms with E-state index in [1.807, 2.05) is 6.08 Å². The van der Waals surface area contributed by atoms with Crippen molar-refractivity contribution in [3.05, 3.63) is 41.7 Å². The van der Waals surface area contributed by atoms with Gasteiger partial charge >= 0.3 is 0 Å². The number of allylic oxidation sites excluding steroid dienone is 1. The van der Waals surface area contributed by atoms with Gasteiger partial charge in [0, 0.05) is 0 Å². The Balaban J connectivity index is 2.44. The van der Waals surface area contributed by atoms with E-state index in [9.17, 15) is 4.39 Å². The lowest BCUT2D eigenvalue weighted by molar-refractivity contribution is 0.628. The first-order valence-corrected chi connectivity index (χ1v) is 4.75. The van der Waals surface area contributed by atoms with E-state index in [4.69, 9.17) is 0 Å². The summed E-state index contributed by atoms with van der Waals surface area (Å²) in [6.07, 6.45) is 7.71. The van der Waals surface area contributed by atoms with E-state index in [0.29, 0.717) is 0 Å². The molecule has 0 nitrogen and oxygen atoms in total. The highest BCUT2D eigenvalue weighted by Gasteiger charge is 1.87. The zero-order chi connectivity index (χ0) is 9.52. The van der Waals surface area contributed by atoms with E-state index in [-0.39, 0.29) is 5.82 Å². The van der Waals surface area contributed by atoms with Crippen LogP contribution in [0.4, 0.5) is 4.39 Å². The predicted molar refractivity (Wildman–Crippen MR) is 55.0 cm³/mol. The minimum absolute atomic E-state index is 0.175. The fraction of sp³-hybridized carbons (Fsp3) is 0.333. The lowest BCUT2D eigenvalue weighted by Gasteiger charge is -1.92. The Kier molecular flexibility index (Phi) is 4.24. The average Bonchev–Trinajstić information content (AvgIpc) is 2.15. The highest BCUT2D eigenvalue weighted by molar-refractivity contribution is 5.48. The Morgan fingerprint density at radius 2 is 1.92 bits per heavy atom. The molecule has 0 aromatic heterocycles. The van der Waals surface area contributed by atoms with Crippen molar-refractivity contribution in [3.63, 3.8) is 0 Å². The molecule has 0 fully saturated rings. The summed E-state index contributed by atoms with van der Waals surface area (Å²) in [5.74, 6) is -0.175. The number of rotatable bonds is 4. The van der Waals surface area contributed by atoms with Gasteiger partial charge in [0.25, 0.3) is 0 Å². The van der Waals surface area contributed by atoms with Crippen LogP contribution in [0.5, 0.6) is 0 Å². The van der Waals surface area contributed by atoms with Crippen molar-refractivity contribution in [2.24, 2.45) is 0 Å². The maximum atomic E-state index is 12.5. The Morgan fingerprint density at radius 3 is 2.54 bits per heavy atom. The second-order valence-corrected chi connectivity index (χ2v) is 3.10. The molecule has 1 aromatic carbocycles. The van der Waals surface area contributed by atoms with E-state index in [0.717, 1.165) is 12.0 Å². The van der Waals surface area contributed by atoms with Gasteiger partial charge < -0.3 is 0 Å². The van der Waals surface area contributed by atoms with Gasteiger partial charge in [0.15, 0.2) is 0 Å². The van der Waals surface area contributed by atoms with Crippen molar-refractivity contribution in [1.29, 1.82) is 0 Å². The average molecular weight is 178 g/mol. The first-order valence-electron chi connectivity index (χ1n) is 4.75. The molecule has 1 rings (SSSR count). The minimum Gasteiger partial charge on any atom is -0.207 e. The molecule has 0 spiro atoms. The van der Waals surface area contributed by atoms with E-state index in [1.54, 1.807) is 12.1 Å². The van der Waals surface area contributed by atoms with Crippen molar-refractivity contribution in [3.8, 4) is 0 Å². The molecule has 0 radical (unpaired) electrons. The summed E-state index contributed by atoms with van der Waals surface area (Å²) >= 11 is 0. The van der Waals surface area contributed by atoms with Crippen LogP contribution in [0.25, 0.3) is 6.08 Å². The summed E-state index contributed by atoms with van der Waals surface area (Å²) in [6.45, 7) is 2.17. The van der Waals surface area contributed by atoms with Crippen molar-refractivity contribution in [1.82, 2.24) is 0 Å². The van der Waals surface area contributed by atoms with Crippen molar-refractivity contribution < 1.29 is 4.39 Å². The maximum Gasteiger partial charge on any atom is 0.123 e. The van der Waals surface area contributed by atoms with Gasteiger partial charge in [-0.15, -0.1) is 0 Å². The molecular formula is C12H15F. The second-order valence-electron chi connectivity index (χ2n) is 3.10. The molecule has 0 aliphatic carbocycles. The third-order valence-electron chi connectivity index (χ3n) is 1.90. The van der Waals surface area contributed by atoms with Crippen LogP contribution in [-0.2, 0) is 0 Å². The summed E-state index contributed by atoms with van der Waals surface area (Å²) < 4.78 is 12.5. The first-order chi connectivity index (χ1) is 6.33. The van der Waals surface area contributed by atoms with Gasteiger partial charge in [0.05, 0.1) is 0 Å². The lowest BCUT2D eigenvalue weighted by Crippen LogP contribution is -1.74. The van der Waals surface area contributed by atoms with Gasteiger partial charge in [-0.05, 0) is 24.1 Å².